The standard InChI is InChI=1S/C6H9N3O/c10-5-4-9-6-7-2-1-3-8-6/h1-3,10H,4-5H2,(H,7,8,9). The Bertz CT molecular complexity index is 178. The summed E-state index contributed by atoms with van der Waals surface area (Å²) in [5.74, 6) is 0.552. The van der Waals surface area contributed by atoms with Crippen LogP contribution in [0.5, 0.6) is 0 Å². The Labute approximate surface area is 58.9 Å². The fourth-order valence-corrected chi connectivity index (χ4v) is 0.558. The Balaban J connectivity index is 2.43. The molecule has 0 amide bonds. The normalized spacial score (nSPS) is 9.30. The van der Waals surface area contributed by atoms with Crippen LogP contribution in [0.2, 0.25) is 0 Å². The molecule has 1 rings (SSSR count). The number of aromatic nitrogens is 2. The van der Waals surface area contributed by atoms with E-state index in [-0.39, 0.29) is 6.61 Å². The number of rotatable bonds is 3. The molecule has 10 heavy (non-hydrogen) atoms. The van der Waals surface area contributed by atoms with Gasteiger partial charge in [0.25, 0.3) is 0 Å². The maximum atomic E-state index is 8.41. The molecule has 0 fully saturated rings. The number of aliphatic hydroxyl groups excluding tert-OH is 1. The first-order valence-corrected chi connectivity index (χ1v) is 3.05. The fourth-order valence-electron chi connectivity index (χ4n) is 0.558. The number of anilines is 1. The van der Waals surface area contributed by atoms with Gasteiger partial charge < -0.3 is 10.4 Å². The van der Waals surface area contributed by atoms with Crippen molar-refractivity contribution in [2.75, 3.05) is 18.5 Å². The molecule has 54 valence electrons. The second-order valence-electron chi connectivity index (χ2n) is 1.72. The van der Waals surface area contributed by atoms with Crippen LogP contribution >= 0.6 is 0 Å². The minimum absolute atomic E-state index is 0.0955. The summed E-state index contributed by atoms with van der Waals surface area (Å²) in [6.45, 7) is 0.586. The van der Waals surface area contributed by atoms with Crippen molar-refractivity contribution in [3.63, 3.8) is 0 Å². The molecule has 0 saturated heterocycles. The van der Waals surface area contributed by atoms with Gasteiger partial charge in [-0.2, -0.15) is 0 Å². The second kappa shape index (κ2) is 3.79. The van der Waals surface area contributed by atoms with Crippen molar-refractivity contribution in [1.29, 1.82) is 0 Å². The van der Waals surface area contributed by atoms with Crippen LogP contribution in [-0.2, 0) is 0 Å². The Kier molecular flexibility index (Phi) is 2.63. The molecule has 2 N–H and O–H groups in total. The third-order valence-electron chi connectivity index (χ3n) is 0.961. The number of hydrogen-bond donors (Lipinski definition) is 2. The van der Waals surface area contributed by atoms with Gasteiger partial charge in [-0.3, -0.25) is 0 Å². The minimum Gasteiger partial charge on any atom is -0.395 e. The summed E-state index contributed by atoms with van der Waals surface area (Å²) in [5.41, 5.74) is 0. The molecule has 1 aromatic rings. The van der Waals surface area contributed by atoms with Gasteiger partial charge in [0.2, 0.25) is 5.95 Å². The Morgan fingerprint density at radius 3 is 2.70 bits per heavy atom. The van der Waals surface area contributed by atoms with E-state index in [1.165, 1.54) is 0 Å². The summed E-state index contributed by atoms with van der Waals surface area (Å²) < 4.78 is 0. The van der Waals surface area contributed by atoms with Crippen LogP contribution in [0, 0.1) is 0 Å². The van der Waals surface area contributed by atoms with Gasteiger partial charge in [0, 0.05) is 18.9 Å². The lowest BCUT2D eigenvalue weighted by Gasteiger charge is -1.98. The monoisotopic (exact) mass is 139 g/mol. The second-order valence-corrected chi connectivity index (χ2v) is 1.72. The predicted octanol–water partition coefficient (Wildman–Crippen LogP) is -0.119. The maximum absolute atomic E-state index is 8.41. The van der Waals surface area contributed by atoms with E-state index < -0.39 is 0 Å². The molecule has 0 saturated carbocycles. The summed E-state index contributed by atoms with van der Waals surface area (Å²) >= 11 is 0. The first kappa shape index (κ1) is 6.95. The Hall–Kier alpha value is -1.16. The molecule has 4 nitrogen and oxygen atoms in total. The van der Waals surface area contributed by atoms with Crippen molar-refractivity contribution in [3.8, 4) is 0 Å². The highest BCUT2D eigenvalue weighted by atomic mass is 16.3. The van der Waals surface area contributed by atoms with Crippen LogP contribution in [0.25, 0.3) is 0 Å². The van der Waals surface area contributed by atoms with E-state index in [0.717, 1.165) is 0 Å². The van der Waals surface area contributed by atoms with Crippen LogP contribution < -0.4 is 5.32 Å². The zero-order chi connectivity index (χ0) is 7.23. The number of hydrogen-bond acceptors (Lipinski definition) is 4. The van der Waals surface area contributed by atoms with Crippen molar-refractivity contribution >= 4 is 5.95 Å². The average molecular weight is 139 g/mol. The highest BCUT2D eigenvalue weighted by Gasteiger charge is 1.88. The number of nitrogens with one attached hydrogen (secondary N) is 1. The number of nitrogens with zero attached hydrogens (tertiary/aromatic N) is 2. The molecule has 0 radical (unpaired) electrons. The Morgan fingerprint density at radius 2 is 2.10 bits per heavy atom. The highest BCUT2D eigenvalue weighted by Crippen LogP contribution is 1.90. The van der Waals surface area contributed by atoms with Gasteiger partial charge in [0.1, 0.15) is 0 Å². The van der Waals surface area contributed by atoms with Gasteiger partial charge in [-0.05, 0) is 6.07 Å². The SMILES string of the molecule is OCCNc1ncccn1. The molecule has 1 aromatic heterocycles. The van der Waals surface area contributed by atoms with Crippen molar-refractivity contribution in [2.24, 2.45) is 0 Å². The predicted molar refractivity (Wildman–Crippen MR) is 37.6 cm³/mol. The van der Waals surface area contributed by atoms with Crippen LogP contribution in [0.4, 0.5) is 5.95 Å². The minimum atomic E-state index is 0.0955. The van der Waals surface area contributed by atoms with Gasteiger partial charge in [0.05, 0.1) is 6.61 Å². The third kappa shape index (κ3) is 1.99. The molecule has 0 atom stereocenters. The molecule has 0 aliphatic heterocycles. The van der Waals surface area contributed by atoms with E-state index in [1.54, 1.807) is 18.5 Å². The van der Waals surface area contributed by atoms with Gasteiger partial charge in [0.15, 0.2) is 0 Å². The molecule has 0 aliphatic rings. The van der Waals surface area contributed by atoms with Crippen molar-refractivity contribution < 1.29 is 5.11 Å². The van der Waals surface area contributed by atoms with Gasteiger partial charge in [-0.15, -0.1) is 0 Å². The lowest BCUT2D eigenvalue weighted by atomic mass is 10.6. The molecule has 0 spiro atoms. The first-order valence-electron chi connectivity index (χ1n) is 3.05. The highest BCUT2D eigenvalue weighted by molar-refractivity contribution is 5.21. The molecular formula is C6H9N3O. The smallest absolute Gasteiger partial charge is 0.222 e. The number of aliphatic hydroxyl groups is 1. The lowest BCUT2D eigenvalue weighted by molar-refractivity contribution is 0.311. The van der Waals surface area contributed by atoms with E-state index in [0.29, 0.717) is 12.5 Å². The zero-order valence-electron chi connectivity index (χ0n) is 5.49. The molecule has 4 heteroatoms. The van der Waals surface area contributed by atoms with E-state index >= 15 is 0 Å². The van der Waals surface area contributed by atoms with Crippen LogP contribution in [0.3, 0.4) is 0 Å². The summed E-state index contributed by atoms with van der Waals surface area (Å²) in [6.07, 6.45) is 3.29. The molecule has 1 heterocycles. The third-order valence-corrected chi connectivity index (χ3v) is 0.961. The van der Waals surface area contributed by atoms with Crippen LogP contribution in [0.15, 0.2) is 18.5 Å². The molecule has 0 bridgehead atoms. The van der Waals surface area contributed by atoms with Gasteiger partial charge in [-0.25, -0.2) is 9.97 Å². The summed E-state index contributed by atoms with van der Waals surface area (Å²) in [4.78, 5) is 7.77. The van der Waals surface area contributed by atoms with Crippen molar-refractivity contribution in [3.05, 3.63) is 18.5 Å². The van der Waals surface area contributed by atoms with Gasteiger partial charge >= 0.3 is 0 Å². The molecule has 0 aromatic carbocycles. The average Bonchev–Trinajstić information content (AvgIpc) is 2.03. The van der Waals surface area contributed by atoms with Crippen molar-refractivity contribution in [1.82, 2.24) is 9.97 Å². The van der Waals surface area contributed by atoms with E-state index in [4.69, 9.17) is 5.11 Å². The quantitative estimate of drug-likeness (QED) is 0.613. The van der Waals surface area contributed by atoms with Crippen LogP contribution in [0.1, 0.15) is 0 Å². The van der Waals surface area contributed by atoms with Crippen LogP contribution in [-0.4, -0.2) is 28.2 Å². The summed E-state index contributed by atoms with van der Waals surface area (Å²) in [5, 5.41) is 11.2. The first-order chi connectivity index (χ1) is 4.93. The van der Waals surface area contributed by atoms with E-state index in [2.05, 4.69) is 15.3 Å². The fraction of sp³-hybridized carbons (Fsp3) is 0.333. The largest absolute Gasteiger partial charge is 0.395 e. The summed E-state index contributed by atoms with van der Waals surface area (Å²) in [7, 11) is 0. The van der Waals surface area contributed by atoms with E-state index in [1.807, 2.05) is 0 Å². The van der Waals surface area contributed by atoms with Crippen molar-refractivity contribution in [2.45, 2.75) is 0 Å². The maximum Gasteiger partial charge on any atom is 0.222 e. The zero-order valence-corrected chi connectivity index (χ0v) is 5.49. The Morgan fingerprint density at radius 1 is 1.40 bits per heavy atom. The summed E-state index contributed by atoms with van der Waals surface area (Å²) in [6, 6.07) is 1.74. The topological polar surface area (TPSA) is 58.0 Å². The van der Waals surface area contributed by atoms with E-state index in [9.17, 15) is 0 Å². The molecule has 0 unspecified atom stereocenters. The lowest BCUT2D eigenvalue weighted by Crippen LogP contribution is -2.07. The molecular weight excluding hydrogens is 130 g/mol. The van der Waals surface area contributed by atoms with Gasteiger partial charge in [-0.1, -0.05) is 0 Å². The molecule has 0 aliphatic carbocycles.